The van der Waals surface area contributed by atoms with Gasteiger partial charge in [0, 0.05) is 0 Å². The van der Waals surface area contributed by atoms with E-state index in [0.29, 0.717) is 6.42 Å². The van der Waals surface area contributed by atoms with E-state index in [1.165, 1.54) is 122 Å². The molecule has 0 aliphatic heterocycles. The van der Waals surface area contributed by atoms with Gasteiger partial charge < -0.3 is 9.47 Å². The quantitative estimate of drug-likeness (QED) is 0.0333. The number of rotatable bonds is 33. The summed E-state index contributed by atoms with van der Waals surface area (Å²) in [4.78, 5) is 25.3. The van der Waals surface area contributed by atoms with Gasteiger partial charge in [0.05, 0.1) is 29.2 Å². The molecule has 0 fully saturated rings. The first-order valence-electron chi connectivity index (χ1n) is 20.1. The highest BCUT2D eigenvalue weighted by Gasteiger charge is 2.23. The summed E-state index contributed by atoms with van der Waals surface area (Å²) in [5.74, 6) is -1.51. The van der Waals surface area contributed by atoms with Gasteiger partial charge in [0.15, 0.2) is 0 Å². The zero-order chi connectivity index (χ0) is 36.5. The normalized spacial score (nSPS) is 11.9. The van der Waals surface area contributed by atoms with Crippen molar-refractivity contribution in [2.24, 2.45) is 0 Å². The molecular formula is C42H70O7S. The monoisotopic (exact) mass is 718 g/mol. The van der Waals surface area contributed by atoms with Crippen LogP contribution < -0.4 is 0 Å². The lowest BCUT2D eigenvalue weighted by Crippen LogP contribution is -2.16. The lowest BCUT2D eigenvalue weighted by Gasteiger charge is -2.11. The van der Waals surface area contributed by atoms with Crippen molar-refractivity contribution >= 4 is 22.1 Å². The molecule has 0 saturated carbocycles. The molecule has 1 N–H and O–H groups in total. The van der Waals surface area contributed by atoms with Crippen LogP contribution in [0.25, 0.3) is 0 Å². The van der Waals surface area contributed by atoms with Crippen LogP contribution in [0, 0.1) is 0 Å². The van der Waals surface area contributed by atoms with E-state index in [1.54, 1.807) is 0 Å². The van der Waals surface area contributed by atoms with Crippen molar-refractivity contribution in [1.29, 1.82) is 0 Å². The summed E-state index contributed by atoms with van der Waals surface area (Å²) in [6, 6.07) is 3.29. The minimum atomic E-state index is -4.56. The molecule has 0 saturated heterocycles. The minimum absolute atomic E-state index is 0.0636. The van der Waals surface area contributed by atoms with Gasteiger partial charge >= 0.3 is 11.9 Å². The third-order valence-corrected chi connectivity index (χ3v) is 9.86. The van der Waals surface area contributed by atoms with Gasteiger partial charge in [0.1, 0.15) is 0 Å². The Morgan fingerprint density at radius 2 is 0.860 bits per heavy atom. The lowest BCUT2D eigenvalue weighted by molar-refractivity contribution is 0.0450. The Morgan fingerprint density at radius 3 is 1.24 bits per heavy atom. The van der Waals surface area contributed by atoms with Crippen molar-refractivity contribution in [3.63, 3.8) is 0 Å². The maximum absolute atomic E-state index is 12.9. The Labute approximate surface area is 305 Å². The first kappa shape index (κ1) is 45.6. The Bertz CT molecular complexity index is 1170. The van der Waals surface area contributed by atoms with Gasteiger partial charge in [-0.3, -0.25) is 4.55 Å². The molecular weight excluding hydrogens is 649 g/mol. The largest absolute Gasteiger partial charge is 0.462 e. The average Bonchev–Trinajstić information content (AvgIpc) is 3.10. The molecule has 0 bridgehead atoms. The Hall–Kier alpha value is -2.45. The highest BCUT2D eigenvalue weighted by atomic mass is 32.2. The summed E-state index contributed by atoms with van der Waals surface area (Å²) in [6.07, 6.45) is 39.4. The van der Waals surface area contributed by atoms with Gasteiger partial charge in [-0.25, -0.2) is 9.59 Å². The fraction of sp³-hybridized carbons (Fsp3) is 0.714. The molecule has 286 valence electrons. The SMILES string of the molecule is CCCC/C=C/CCCCCCCCCCCOC(=O)c1ccc(S(=O)(=O)O)cc1C(=O)OCCCCCCCCCCC/C=C/CCCC. The van der Waals surface area contributed by atoms with Crippen molar-refractivity contribution in [2.75, 3.05) is 13.2 Å². The lowest BCUT2D eigenvalue weighted by atomic mass is 10.1. The molecule has 0 aliphatic carbocycles. The zero-order valence-corrected chi connectivity index (χ0v) is 32.5. The standard InChI is InChI=1S/C42H70O7S/c1-3-5-7-9-11-13-15-17-19-21-23-25-27-29-31-35-48-41(43)39-34-33-38(50(45,46)47)37-40(39)42(44)49-36-32-30-28-26-24-22-20-18-16-14-12-10-8-6-4-2/h9-12,33-34,37H,3-8,13-32,35-36H2,1-2H3,(H,45,46,47)/b11-9+,12-10+. The van der Waals surface area contributed by atoms with Crippen LogP contribution in [0.5, 0.6) is 0 Å². The van der Waals surface area contributed by atoms with Crippen molar-refractivity contribution in [2.45, 2.75) is 186 Å². The maximum atomic E-state index is 12.9. The van der Waals surface area contributed by atoms with Crippen LogP contribution in [0.15, 0.2) is 47.4 Å². The van der Waals surface area contributed by atoms with Crippen LogP contribution in [0.3, 0.4) is 0 Å². The van der Waals surface area contributed by atoms with Crippen LogP contribution in [-0.4, -0.2) is 38.1 Å². The van der Waals surface area contributed by atoms with Crippen molar-refractivity contribution in [1.82, 2.24) is 0 Å². The smallest absolute Gasteiger partial charge is 0.339 e. The summed E-state index contributed by atoms with van der Waals surface area (Å²) in [5, 5.41) is 0. The molecule has 8 heteroatoms. The number of unbranched alkanes of at least 4 members (excludes halogenated alkanes) is 22. The molecule has 0 aromatic heterocycles. The molecule has 0 spiro atoms. The van der Waals surface area contributed by atoms with E-state index < -0.39 is 27.0 Å². The minimum Gasteiger partial charge on any atom is -0.462 e. The van der Waals surface area contributed by atoms with E-state index in [0.717, 1.165) is 57.1 Å². The molecule has 1 aromatic rings. The predicted molar refractivity (Wildman–Crippen MR) is 206 cm³/mol. The summed E-state index contributed by atoms with van der Waals surface area (Å²) < 4.78 is 43.8. The van der Waals surface area contributed by atoms with Crippen LogP contribution in [0.1, 0.15) is 202 Å². The molecule has 0 radical (unpaired) electrons. The first-order valence-corrected chi connectivity index (χ1v) is 21.5. The number of esters is 2. The summed E-state index contributed by atoms with van der Waals surface area (Å²) in [7, 11) is -4.56. The number of hydrogen-bond donors (Lipinski definition) is 1. The number of hydrogen-bond acceptors (Lipinski definition) is 6. The van der Waals surface area contributed by atoms with Gasteiger partial charge in [-0.2, -0.15) is 8.42 Å². The van der Waals surface area contributed by atoms with E-state index in [-0.39, 0.29) is 24.3 Å². The van der Waals surface area contributed by atoms with Crippen LogP contribution in [0.2, 0.25) is 0 Å². The Balaban J connectivity index is 2.27. The van der Waals surface area contributed by atoms with E-state index in [1.807, 2.05) is 0 Å². The molecule has 0 heterocycles. The molecule has 50 heavy (non-hydrogen) atoms. The molecule has 0 aliphatic rings. The number of carbonyl (C=O) groups excluding carboxylic acids is 2. The third kappa shape index (κ3) is 24.7. The number of allylic oxidation sites excluding steroid dienone is 4. The van der Waals surface area contributed by atoms with Crippen LogP contribution in [-0.2, 0) is 19.6 Å². The van der Waals surface area contributed by atoms with Gasteiger partial charge in [0.25, 0.3) is 10.1 Å². The summed E-state index contributed by atoms with van der Waals surface area (Å²) in [6.45, 7) is 4.83. The average molecular weight is 719 g/mol. The molecule has 0 amide bonds. The third-order valence-electron chi connectivity index (χ3n) is 9.01. The van der Waals surface area contributed by atoms with E-state index >= 15 is 0 Å². The van der Waals surface area contributed by atoms with E-state index in [9.17, 15) is 22.6 Å². The second-order valence-electron chi connectivity index (χ2n) is 13.6. The molecule has 0 atom stereocenters. The number of benzene rings is 1. The second kappa shape index (κ2) is 31.3. The summed E-state index contributed by atoms with van der Waals surface area (Å²) >= 11 is 0. The van der Waals surface area contributed by atoms with Crippen LogP contribution >= 0.6 is 0 Å². The predicted octanol–water partition coefficient (Wildman–Crippen LogP) is 12.5. The highest BCUT2D eigenvalue weighted by molar-refractivity contribution is 7.85. The van der Waals surface area contributed by atoms with Crippen molar-refractivity contribution < 1.29 is 32.0 Å². The first-order chi connectivity index (χ1) is 24.3. The van der Waals surface area contributed by atoms with Gasteiger partial charge in [-0.15, -0.1) is 0 Å². The Morgan fingerprint density at radius 1 is 0.520 bits per heavy atom. The van der Waals surface area contributed by atoms with Crippen molar-refractivity contribution in [3.05, 3.63) is 53.6 Å². The van der Waals surface area contributed by atoms with Gasteiger partial charge in [-0.05, 0) is 69.6 Å². The molecule has 0 unspecified atom stereocenters. The number of ether oxygens (including phenoxy) is 2. The fourth-order valence-electron chi connectivity index (χ4n) is 5.83. The van der Waals surface area contributed by atoms with E-state index in [2.05, 4.69) is 38.2 Å². The summed E-state index contributed by atoms with van der Waals surface area (Å²) in [5.41, 5.74) is -0.277. The number of carbonyl (C=O) groups is 2. The second-order valence-corrected chi connectivity index (χ2v) is 15.0. The molecule has 1 rings (SSSR count). The highest BCUT2D eigenvalue weighted by Crippen LogP contribution is 2.20. The van der Waals surface area contributed by atoms with Crippen molar-refractivity contribution in [3.8, 4) is 0 Å². The fourth-order valence-corrected chi connectivity index (χ4v) is 6.34. The van der Waals surface area contributed by atoms with Gasteiger partial charge in [-0.1, -0.05) is 154 Å². The Kier molecular flexibility index (Phi) is 28.5. The van der Waals surface area contributed by atoms with Gasteiger partial charge in [0.2, 0.25) is 0 Å². The van der Waals surface area contributed by atoms with Crippen LogP contribution in [0.4, 0.5) is 0 Å². The molecule has 1 aromatic carbocycles. The maximum Gasteiger partial charge on any atom is 0.339 e. The van der Waals surface area contributed by atoms with E-state index in [4.69, 9.17) is 9.47 Å². The molecule has 7 nitrogen and oxygen atoms in total. The zero-order valence-electron chi connectivity index (χ0n) is 31.6. The topological polar surface area (TPSA) is 107 Å².